The molecule has 2 heterocycles. The van der Waals surface area contributed by atoms with E-state index in [4.69, 9.17) is 11.6 Å². The monoisotopic (exact) mass is 411 g/mol. The molecule has 1 fully saturated rings. The third-order valence-electron chi connectivity index (χ3n) is 5.62. The molecule has 150 valence electrons. The first-order chi connectivity index (χ1) is 14.0. The van der Waals surface area contributed by atoms with Gasteiger partial charge in [0, 0.05) is 19.6 Å². The topological polar surface area (TPSA) is 60.9 Å². The molecule has 0 N–H and O–H groups in total. The van der Waals surface area contributed by atoms with E-state index >= 15 is 0 Å². The van der Waals surface area contributed by atoms with E-state index in [1.54, 1.807) is 35.2 Å². The van der Waals surface area contributed by atoms with Crippen LogP contribution in [0.2, 0.25) is 5.02 Å². The smallest absolute Gasteiger partial charge is 0.261 e. The molecule has 0 bridgehead atoms. The van der Waals surface area contributed by atoms with E-state index in [1.807, 2.05) is 30.1 Å². The molecule has 1 saturated heterocycles. The van der Waals surface area contributed by atoms with Gasteiger partial charge in [-0.15, -0.1) is 0 Å². The molecule has 0 saturated carbocycles. The zero-order valence-corrected chi connectivity index (χ0v) is 16.9. The van der Waals surface area contributed by atoms with Gasteiger partial charge in [0.1, 0.15) is 0 Å². The van der Waals surface area contributed by atoms with E-state index in [1.165, 1.54) is 4.90 Å². The number of amides is 3. The van der Waals surface area contributed by atoms with Crippen LogP contribution in [0.25, 0.3) is 0 Å². The largest absolute Gasteiger partial charge is 0.310 e. The van der Waals surface area contributed by atoms with Crippen molar-refractivity contribution in [3.63, 3.8) is 0 Å². The Balaban J connectivity index is 1.34. The van der Waals surface area contributed by atoms with Crippen LogP contribution in [0.1, 0.15) is 33.6 Å². The lowest BCUT2D eigenvalue weighted by molar-refractivity contribution is -0.121. The van der Waals surface area contributed by atoms with Gasteiger partial charge in [0.25, 0.3) is 11.8 Å². The van der Waals surface area contributed by atoms with Crippen LogP contribution in [0, 0.1) is 0 Å². The minimum absolute atomic E-state index is 0.0290. The van der Waals surface area contributed by atoms with Gasteiger partial charge in [-0.25, -0.2) is 0 Å². The van der Waals surface area contributed by atoms with Crippen LogP contribution in [0.5, 0.6) is 0 Å². The first-order valence-electron chi connectivity index (χ1n) is 9.70. The van der Waals surface area contributed by atoms with Gasteiger partial charge in [0.05, 0.1) is 27.9 Å². The molecule has 2 aromatic carbocycles. The second kappa shape index (κ2) is 7.97. The van der Waals surface area contributed by atoms with Crippen molar-refractivity contribution in [3.8, 4) is 0 Å². The maximum atomic E-state index is 12.9. The molecule has 7 heteroatoms. The Morgan fingerprint density at radius 2 is 1.62 bits per heavy atom. The van der Waals surface area contributed by atoms with E-state index in [0.717, 1.165) is 5.69 Å². The number of likely N-dealkylation sites (N-methyl/N-ethyl adjacent to an activating group) is 1. The molecule has 0 aliphatic carbocycles. The zero-order chi connectivity index (χ0) is 20.5. The van der Waals surface area contributed by atoms with E-state index in [-0.39, 0.29) is 23.8 Å². The predicted octanol–water partition coefficient (Wildman–Crippen LogP) is 3.06. The summed E-state index contributed by atoms with van der Waals surface area (Å²) in [6.07, 6.45) is 1.32. The van der Waals surface area contributed by atoms with Gasteiger partial charge in [0.15, 0.2) is 0 Å². The first kappa shape index (κ1) is 19.6. The Hall–Kier alpha value is -2.70. The molecule has 2 aliphatic heterocycles. The maximum absolute atomic E-state index is 12.9. The lowest BCUT2D eigenvalue weighted by Gasteiger charge is -2.25. The Kier molecular flexibility index (Phi) is 5.39. The van der Waals surface area contributed by atoms with Gasteiger partial charge in [-0.1, -0.05) is 35.9 Å². The Morgan fingerprint density at radius 1 is 1.00 bits per heavy atom. The van der Waals surface area contributed by atoms with Crippen molar-refractivity contribution in [3.05, 3.63) is 64.7 Å². The van der Waals surface area contributed by atoms with Gasteiger partial charge in [-0.05, 0) is 44.2 Å². The third kappa shape index (κ3) is 3.54. The fraction of sp³-hybridized carbons (Fsp3) is 0.318. The number of carbonyl (C=O) groups is 3. The first-order valence-corrected chi connectivity index (χ1v) is 10.1. The van der Waals surface area contributed by atoms with E-state index < -0.39 is 0 Å². The minimum Gasteiger partial charge on any atom is -0.310 e. The summed E-state index contributed by atoms with van der Waals surface area (Å²) in [6, 6.07) is 14.0. The molecule has 6 nitrogen and oxygen atoms in total. The van der Waals surface area contributed by atoms with Crippen molar-refractivity contribution in [2.75, 3.05) is 31.6 Å². The quantitative estimate of drug-likeness (QED) is 0.685. The van der Waals surface area contributed by atoms with Crippen LogP contribution in [0.4, 0.5) is 5.69 Å². The molecule has 0 radical (unpaired) electrons. The highest BCUT2D eigenvalue weighted by atomic mass is 35.5. The highest BCUT2D eigenvalue weighted by molar-refractivity contribution is 6.34. The number of para-hydroxylation sites is 1. The van der Waals surface area contributed by atoms with E-state index in [9.17, 15) is 14.4 Å². The number of benzene rings is 2. The number of hydrogen-bond acceptors (Lipinski definition) is 4. The van der Waals surface area contributed by atoms with Gasteiger partial charge in [-0.2, -0.15) is 0 Å². The van der Waals surface area contributed by atoms with Crippen LogP contribution < -0.4 is 4.90 Å². The number of anilines is 1. The van der Waals surface area contributed by atoms with Crippen LogP contribution in [0.3, 0.4) is 0 Å². The third-order valence-corrected chi connectivity index (χ3v) is 5.94. The van der Waals surface area contributed by atoms with E-state index in [2.05, 4.69) is 0 Å². The number of nitrogens with zero attached hydrogens (tertiary/aromatic N) is 3. The van der Waals surface area contributed by atoms with Gasteiger partial charge in [-0.3, -0.25) is 24.2 Å². The minimum atomic E-state index is -0.241. The Morgan fingerprint density at radius 3 is 2.28 bits per heavy atom. The molecule has 0 spiro atoms. The molecular weight excluding hydrogens is 390 g/mol. The summed E-state index contributed by atoms with van der Waals surface area (Å²) < 4.78 is 0. The second-order valence-corrected chi connectivity index (χ2v) is 7.79. The van der Waals surface area contributed by atoms with Crippen LogP contribution >= 0.6 is 11.6 Å². The molecule has 1 atom stereocenters. The highest BCUT2D eigenvalue weighted by Gasteiger charge is 2.37. The summed E-state index contributed by atoms with van der Waals surface area (Å²) in [4.78, 5) is 42.8. The molecule has 29 heavy (non-hydrogen) atoms. The van der Waals surface area contributed by atoms with Crippen LogP contribution in [-0.4, -0.2) is 60.2 Å². The Labute approximate surface area is 174 Å². The lowest BCUT2D eigenvalue weighted by Crippen LogP contribution is -2.41. The summed E-state index contributed by atoms with van der Waals surface area (Å²) in [6.45, 7) is 1.57. The Bertz CT molecular complexity index is 942. The fourth-order valence-corrected chi connectivity index (χ4v) is 4.30. The molecular formula is C22H22ClN3O3. The van der Waals surface area contributed by atoms with Crippen molar-refractivity contribution in [1.82, 2.24) is 9.80 Å². The van der Waals surface area contributed by atoms with Crippen molar-refractivity contribution in [2.24, 2.45) is 0 Å². The van der Waals surface area contributed by atoms with Crippen LogP contribution in [0.15, 0.2) is 48.5 Å². The fourth-order valence-electron chi connectivity index (χ4n) is 4.06. The molecule has 4 rings (SSSR count). The number of rotatable bonds is 6. The van der Waals surface area contributed by atoms with Gasteiger partial charge < -0.3 is 4.90 Å². The number of halogens is 1. The molecule has 2 aliphatic rings. The molecule has 3 amide bonds. The zero-order valence-electron chi connectivity index (χ0n) is 16.2. The summed E-state index contributed by atoms with van der Waals surface area (Å²) in [7, 11) is 1.90. The van der Waals surface area contributed by atoms with Gasteiger partial charge >= 0.3 is 0 Å². The average Bonchev–Trinajstić information content (AvgIpc) is 3.22. The van der Waals surface area contributed by atoms with Crippen molar-refractivity contribution < 1.29 is 14.4 Å². The normalized spacial score (nSPS) is 18.9. The SMILES string of the molecule is CN(CCCN1C(=O)c2ccccc2C1=O)C1CCN(c2ccccc2Cl)C1=O. The number of fused-ring (bicyclic) bond motifs is 1. The summed E-state index contributed by atoms with van der Waals surface area (Å²) in [5.41, 5.74) is 1.67. The average molecular weight is 412 g/mol. The summed E-state index contributed by atoms with van der Waals surface area (Å²) in [5, 5.41) is 0.565. The van der Waals surface area contributed by atoms with Crippen molar-refractivity contribution in [2.45, 2.75) is 18.9 Å². The van der Waals surface area contributed by atoms with E-state index in [0.29, 0.717) is 48.6 Å². The number of imide groups is 1. The predicted molar refractivity (Wildman–Crippen MR) is 111 cm³/mol. The standard InChI is InChI=1S/C22H22ClN3O3/c1-24(19-11-14-25(22(19)29)18-10-5-4-9-17(18)23)12-6-13-26-20(27)15-7-2-3-8-16(15)21(26)28/h2-5,7-10,19H,6,11-14H2,1H3. The number of carbonyl (C=O) groups excluding carboxylic acids is 3. The molecule has 1 unspecified atom stereocenters. The number of hydrogen-bond donors (Lipinski definition) is 0. The highest BCUT2D eigenvalue weighted by Crippen LogP contribution is 2.30. The molecule has 0 aromatic heterocycles. The van der Waals surface area contributed by atoms with Crippen molar-refractivity contribution >= 4 is 35.0 Å². The molecule has 2 aromatic rings. The van der Waals surface area contributed by atoms with Crippen molar-refractivity contribution in [1.29, 1.82) is 0 Å². The van der Waals surface area contributed by atoms with Gasteiger partial charge in [0.2, 0.25) is 5.91 Å². The summed E-state index contributed by atoms with van der Waals surface area (Å²) >= 11 is 6.24. The maximum Gasteiger partial charge on any atom is 0.261 e. The second-order valence-electron chi connectivity index (χ2n) is 7.39. The summed E-state index contributed by atoms with van der Waals surface area (Å²) in [5.74, 6) is -0.452. The van der Waals surface area contributed by atoms with Crippen LogP contribution in [-0.2, 0) is 4.79 Å². The lowest BCUT2D eigenvalue weighted by atomic mass is 10.1.